The van der Waals surface area contributed by atoms with Gasteiger partial charge in [-0.15, -0.1) is 0 Å². The molecule has 0 N–H and O–H groups in total. The number of hydrogen-bond donors (Lipinski definition) is 0. The van der Waals surface area contributed by atoms with Crippen LogP contribution in [0.1, 0.15) is 30.0 Å². The number of carbonyl (C=O) groups is 1. The molecule has 5 heteroatoms. The van der Waals surface area contributed by atoms with Crippen LogP contribution in [0, 0.1) is 6.92 Å². The number of halogens is 1. The Morgan fingerprint density at radius 2 is 2.24 bits per heavy atom. The molecule has 17 heavy (non-hydrogen) atoms. The van der Waals surface area contributed by atoms with Crippen LogP contribution in [0.2, 0.25) is 0 Å². The molecule has 1 aromatic rings. The predicted molar refractivity (Wildman–Crippen MR) is 67.1 cm³/mol. The molecule has 0 radical (unpaired) electrons. The lowest BCUT2D eigenvalue weighted by molar-refractivity contribution is -0.0383. The summed E-state index contributed by atoms with van der Waals surface area (Å²) in [5.74, 6) is 0.341. The Morgan fingerprint density at radius 1 is 1.53 bits per heavy atom. The summed E-state index contributed by atoms with van der Waals surface area (Å²) in [6.07, 6.45) is 0. The van der Waals surface area contributed by atoms with Crippen LogP contribution in [0.15, 0.2) is 15.2 Å². The highest BCUT2D eigenvalue weighted by Gasteiger charge is 2.36. The molecule has 0 spiro atoms. The third kappa shape index (κ3) is 2.40. The number of rotatable bonds is 1. The average Bonchev–Trinajstić information content (AvgIpc) is 2.56. The summed E-state index contributed by atoms with van der Waals surface area (Å²) >= 11 is 3.24. The van der Waals surface area contributed by atoms with Gasteiger partial charge in [0.15, 0.2) is 10.4 Å². The molecule has 2 heterocycles. The zero-order valence-electron chi connectivity index (χ0n) is 10.2. The van der Waals surface area contributed by atoms with E-state index in [1.807, 2.05) is 25.7 Å². The van der Waals surface area contributed by atoms with Crippen LogP contribution in [0.3, 0.4) is 0 Å². The summed E-state index contributed by atoms with van der Waals surface area (Å²) in [6.45, 7) is 7.60. The Morgan fingerprint density at radius 3 is 2.76 bits per heavy atom. The summed E-state index contributed by atoms with van der Waals surface area (Å²) in [6, 6.07) is 1.81. The van der Waals surface area contributed by atoms with Crippen molar-refractivity contribution in [3.63, 3.8) is 0 Å². The smallest absolute Gasteiger partial charge is 0.290 e. The zero-order valence-corrected chi connectivity index (χ0v) is 11.8. The van der Waals surface area contributed by atoms with Gasteiger partial charge in [-0.1, -0.05) is 0 Å². The van der Waals surface area contributed by atoms with Gasteiger partial charge in [0.25, 0.3) is 5.91 Å². The average molecular weight is 302 g/mol. The largest absolute Gasteiger partial charge is 0.444 e. The highest BCUT2D eigenvalue weighted by molar-refractivity contribution is 9.10. The number of ether oxygens (including phenoxy) is 1. The van der Waals surface area contributed by atoms with Gasteiger partial charge in [0, 0.05) is 12.1 Å². The van der Waals surface area contributed by atoms with E-state index in [1.165, 1.54) is 0 Å². The third-order valence-corrected chi connectivity index (χ3v) is 3.36. The van der Waals surface area contributed by atoms with E-state index in [1.54, 1.807) is 6.07 Å². The molecule has 0 atom stereocenters. The van der Waals surface area contributed by atoms with E-state index < -0.39 is 0 Å². The van der Waals surface area contributed by atoms with E-state index in [0.29, 0.717) is 30.2 Å². The van der Waals surface area contributed by atoms with Crippen molar-refractivity contribution in [2.45, 2.75) is 26.3 Å². The monoisotopic (exact) mass is 301 g/mol. The van der Waals surface area contributed by atoms with Gasteiger partial charge in [-0.3, -0.25) is 4.79 Å². The van der Waals surface area contributed by atoms with Crippen molar-refractivity contribution in [1.29, 1.82) is 0 Å². The van der Waals surface area contributed by atoms with Crippen LogP contribution in [0.4, 0.5) is 0 Å². The van der Waals surface area contributed by atoms with Gasteiger partial charge in [0.2, 0.25) is 0 Å². The maximum atomic E-state index is 12.4. The molecule has 1 aromatic heterocycles. The highest BCUT2D eigenvalue weighted by Crippen LogP contribution is 2.26. The number of morpholine rings is 1. The second-order valence-electron chi connectivity index (χ2n) is 4.88. The Hall–Kier alpha value is -0.810. The van der Waals surface area contributed by atoms with Crippen molar-refractivity contribution in [3.05, 3.63) is 22.1 Å². The van der Waals surface area contributed by atoms with Crippen LogP contribution in [-0.4, -0.2) is 36.1 Å². The lowest BCUT2D eigenvalue weighted by Crippen LogP contribution is -2.55. The van der Waals surface area contributed by atoms with Gasteiger partial charge >= 0.3 is 0 Å². The molecule has 4 nitrogen and oxygen atoms in total. The molecule has 0 unspecified atom stereocenters. The highest BCUT2D eigenvalue weighted by atomic mass is 79.9. The maximum Gasteiger partial charge on any atom is 0.290 e. The fourth-order valence-corrected chi connectivity index (χ4v) is 2.52. The topological polar surface area (TPSA) is 42.7 Å². The number of amides is 1. The fourth-order valence-electron chi connectivity index (χ4n) is 2.01. The van der Waals surface area contributed by atoms with E-state index in [4.69, 9.17) is 9.15 Å². The van der Waals surface area contributed by atoms with Gasteiger partial charge < -0.3 is 14.1 Å². The first-order valence-corrected chi connectivity index (χ1v) is 6.37. The van der Waals surface area contributed by atoms with Crippen molar-refractivity contribution in [2.75, 3.05) is 19.8 Å². The quantitative estimate of drug-likeness (QED) is 0.801. The van der Waals surface area contributed by atoms with Crippen LogP contribution in [0.5, 0.6) is 0 Å². The van der Waals surface area contributed by atoms with Crippen molar-refractivity contribution in [2.24, 2.45) is 0 Å². The van der Waals surface area contributed by atoms with Crippen LogP contribution < -0.4 is 0 Å². The number of aryl methyl sites for hydroxylation is 1. The second-order valence-corrected chi connectivity index (χ2v) is 5.67. The number of hydrogen-bond acceptors (Lipinski definition) is 3. The van der Waals surface area contributed by atoms with E-state index in [0.717, 1.165) is 5.56 Å². The van der Waals surface area contributed by atoms with Gasteiger partial charge in [-0.25, -0.2) is 0 Å². The van der Waals surface area contributed by atoms with Crippen LogP contribution in [-0.2, 0) is 4.74 Å². The summed E-state index contributed by atoms with van der Waals surface area (Å²) < 4.78 is 11.4. The molecule has 1 aliphatic rings. The molecule has 2 rings (SSSR count). The first-order chi connectivity index (χ1) is 7.92. The molecule has 0 bridgehead atoms. The molecule has 1 fully saturated rings. The molecule has 1 amide bonds. The Labute approximate surface area is 109 Å². The van der Waals surface area contributed by atoms with Gasteiger partial charge in [0.05, 0.1) is 18.8 Å². The van der Waals surface area contributed by atoms with E-state index >= 15 is 0 Å². The molecular formula is C12H16BrNO3. The minimum atomic E-state index is -0.291. The van der Waals surface area contributed by atoms with E-state index in [2.05, 4.69) is 15.9 Å². The first-order valence-electron chi connectivity index (χ1n) is 5.57. The van der Waals surface area contributed by atoms with Crippen molar-refractivity contribution >= 4 is 21.8 Å². The summed E-state index contributed by atoms with van der Waals surface area (Å²) in [4.78, 5) is 14.2. The molecule has 0 aliphatic carbocycles. The summed E-state index contributed by atoms with van der Waals surface area (Å²) in [5, 5.41) is 0. The lowest BCUT2D eigenvalue weighted by Gasteiger charge is -2.41. The molecule has 0 saturated carbocycles. The minimum Gasteiger partial charge on any atom is -0.444 e. The summed E-state index contributed by atoms with van der Waals surface area (Å²) in [7, 11) is 0. The number of nitrogens with zero attached hydrogens (tertiary/aromatic N) is 1. The Balaban J connectivity index is 2.28. The van der Waals surface area contributed by atoms with Crippen molar-refractivity contribution < 1.29 is 13.9 Å². The van der Waals surface area contributed by atoms with Gasteiger partial charge in [-0.05, 0) is 42.8 Å². The zero-order chi connectivity index (χ0) is 12.6. The number of carbonyl (C=O) groups excluding carboxylic acids is 1. The molecule has 0 aromatic carbocycles. The molecule has 94 valence electrons. The predicted octanol–water partition coefficient (Wildman–Crippen LogP) is 2.60. The van der Waals surface area contributed by atoms with Crippen LogP contribution >= 0.6 is 15.9 Å². The van der Waals surface area contributed by atoms with E-state index in [-0.39, 0.29) is 11.4 Å². The third-order valence-electron chi connectivity index (χ3n) is 2.97. The molecule has 1 saturated heterocycles. The van der Waals surface area contributed by atoms with Crippen molar-refractivity contribution in [1.82, 2.24) is 4.90 Å². The fraction of sp³-hybridized carbons (Fsp3) is 0.583. The minimum absolute atomic E-state index is 0.0681. The van der Waals surface area contributed by atoms with Gasteiger partial charge in [-0.2, -0.15) is 0 Å². The van der Waals surface area contributed by atoms with Gasteiger partial charge in [0.1, 0.15) is 0 Å². The Bertz CT molecular complexity index is 439. The standard InChI is InChI=1S/C12H16BrNO3/c1-8-6-9(13)17-10(8)11(15)14-4-5-16-7-12(14,2)3/h6H,4-5,7H2,1-3H3. The SMILES string of the molecule is Cc1cc(Br)oc1C(=O)N1CCOCC1(C)C. The number of furan rings is 1. The molecular weight excluding hydrogens is 286 g/mol. The second kappa shape index (κ2) is 4.46. The van der Waals surface area contributed by atoms with E-state index in [9.17, 15) is 4.79 Å². The lowest BCUT2D eigenvalue weighted by atomic mass is 10.0. The van der Waals surface area contributed by atoms with Crippen LogP contribution in [0.25, 0.3) is 0 Å². The Kier molecular flexibility index (Phi) is 3.32. The first kappa shape index (κ1) is 12.6. The summed E-state index contributed by atoms with van der Waals surface area (Å²) in [5.41, 5.74) is 0.560. The normalized spacial score (nSPS) is 19.4. The maximum absolute atomic E-state index is 12.4. The molecule has 1 aliphatic heterocycles. The van der Waals surface area contributed by atoms with Crippen molar-refractivity contribution in [3.8, 4) is 0 Å².